The molecule has 0 radical (unpaired) electrons. The third kappa shape index (κ3) is 1.10. The largest absolute Gasteiger partial charge is 0.245 e. The summed E-state index contributed by atoms with van der Waals surface area (Å²) in [6.07, 6.45) is 2.35. The summed E-state index contributed by atoms with van der Waals surface area (Å²) < 4.78 is 12.0. The maximum atomic E-state index is 12.0. The molecule has 0 unspecified atom stereocenters. The molecule has 1 aromatic heterocycles. The summed E-state index contributed by atoms with van der Waals surface area (Å²) in [5.41, 5.74) is 0.728. The van der Waals surface area contributed by atoms with Gasteiger partial charge in [0.2, 0.25) is 0 Å². The fourth-order valence-corrected chi connectivity index (χ4v) is 0.635. The monoisotopic (exact) mass is 128 g/mol. The summed E-state index contributed by atoms with van der Waals surface area (Å²) in [6, 6.07) is 0. The average Bonchev–Trinajstić information content (AvgIpc) is 1.77. The van der Waals surface area contributed by atoms with E-state index in [0.717, 1.165) is 15.7 Å². The summed E-state index contributed by atoms with van der Waals surface area (Å²) in [6.45, 7) is 0. The molecule has 1 aromatic rings. The van der Waals surface area contributed by atoms with Crippen molar-refractivity contribution in [3.63, 3.8) is 0 Å². The highest BCUT2D eigenvalue weighted by Gasteiger charge is 1.86. The maximum Gasteiger partial charge on any atom is 0.159 e. The van der Waals surface area contributed by atoms with Crippen LogP contribution in [0.4, 0.5) is 4.39 Å². The van der Waals surface area contributed by atoms with Gasteiger partial charge in [0.25, 0.3) is 0 Å². The lowest BCUT2D eigenvalue weighted by Gasteiger charge is -1.85. The number of rotatable bonds is 0. The Balaban J connectivity index is 3.03. The number of halogens is 1. The van der Waals surface area contributed by atoms with Gasteiger partial charge in [0, 0.05) is 0 Å². The Morgan fingerprint density at radius 3 is 2.25 bits per heavy atom. The Morgan fingerprint density at radius 2 is 1.88 bits per heavy atom. The van der Waals surface area contributed by atoms with E-state index in [9.17, 15) is 4.39 Å². The van der Waals surface area contributed by atoms with Crippen LogP contribution in [0, 0.1) is 5.82 Å². The fourth-order valence-electron chi connectivity index (χ4n) is 0.377. The molecule has 2 nitrogen and oxygen atoms in total. The molecule has 0 spiro atoms. The van der Waals surface area contributed by atoms with Crippen molar-refractivity contribution < 1.29 is 4.39 Å². The quantitative estimate of drug-likeness (QED) is 0.402. The zero-order chi connectivity index (χ0) is 5.98. The van der Waals surface area contributed by atoms with Crippen LogP contribution in [0.15, 0.2) is 12.4 Å². The van der Waals surface area contributed by atoms with Crippen LogP contribution in [-0.2, 0) is 0 Å². The standard InChI is InChI=1S/C4H5FN2Si/c5-3-1-6-4(8)7-2-3/h1-2H,8H3. The van der Waals surface area contributed by atoms with Gasteiger partial charge in [-0.2, -0.15) is 0 Å². The lowest BCUT2D eigenvalue weighted by molar-refractivity contribution is 0.615. The van der Waals surface area contributed by atoms with Gasteiger partial charge in [-0.1, -0.05) is 0 Å². The first kappa shape index (κ1) is 5.37. The zero-order valence-corrected chi connectivity index (χ0v) is 6.43. The maximum absolute atomic E-state index is 12.0. The smallest absolute Gasteiger partial charge is 0.159 e. The van der Waals surface area contributed by atoms with Crippen LogP contribution < -0.4 is 5.45 Å². The number of hydrogen-bond donors (Lipinski definition) is 0. The predicted octanol–water partition coefficient (Wildman–Crippen LogP) is -1.39. The minimum atomic E-state index is -0.371. The Hall–Kier alpha value is -0.773. The van der Waals surface area contributed by atoms with E-state index >= 15 is 0 Å². The Kier molecular flexibility index (Phi) is 1.34. The summed E-state index contributed by atoms with van der Waals surface area (Å²) in [5.74, 6) is -0.371. The number of aromatic nitrogens is 2. The number of nitrogens with zero attached hydrogens (tertiary/aromatic N) is 2. The van der Waals surface area contributed by atoms with E-state index in [1.165, 1.54) is 12.4 Å². The van der Waals surface area contributed by atoms with Gasteiger partial charge in [0.1, 0.15) is 0 Å². The molecule has 4 heteroatoms. The molecular weight excluding hydrogens is 123 g/mol. The van der Waals surface area contributed by atoms with Gasteiger partial charge in [-0.05, 0) is 0 Å². The lowest BCUT2D eigenvalue weighted by atomic mass is 10.7. The molecule has 42 valence electrons. The topological polar surface area (TPSA) is 25.8 Å². The van der Waals surface area contributed by atoms with Crippen molar-refractivity contribution in [2.75, 3.05) is 0 Å². The van der Waals surface area contributed by atoms with Crippen molar-refractivity contribution in [2.45, 2.75) is 0 Å². The Morgan fingerprint density at radius 1 is 1.38 bits per heavy atom. The molecule has 0 saturated carbocycles. The van der Waals surface area contributed by atoms with Crippen molar-refractivity contribution in [1.29, 1.82) is 0 Å². The first-order valence-corrected chi connectivity index (χ1v) is 3.23. The van der Waals surface area contributed by atoms with E-state index in [2.05, 4.69) is 9.97 Å². The molecule has 0 aliphatic rings. The van der Waals surface area contributed by atoms with E-state index in [1.807, 2.05) is 0 Å². The molecule has 8 heavy (non-hydrogen) atoms. The highest BCUT2D eigenvalue weighted by atomic mass is 28.1. The van der Waals surface area contributed by atoms with E-state index < -0.39 is 0 Å². The van der Waals surface area contributed by atoms with Crippen LogP contribution in [-0.4, -0.2) is 20.2 Å². The minimum absolute atomic E-state index is 0.371. The van der Waals surface area contributed by atoms with Gasteiger partial charge < -0.3 is 0 Å². The second-order valence-electron chi connectivity index (χ2n) is 1.45. The van der Waals surface area contributed by atoms with Crippen molar-refractivity contribution in [3.8, 4) is 0 Å². The van der Waals surface area contributed by atoms with Crippen LogP contribution >= 0.6 is 0 Å². The predicted molar refractivity (Wildman–Crippen MR) is 31.6 cm³/mol. The normalized spacial score (nSPS) is 9.62. The van der Waals surface area contributed by atoms with Gasteiger partial charge in [-0.25, -0.2) is 14.4 Å². The Bertz CT molecular complexity index is 153. The SMILES string of the molecule is Fc1cnc([SiH3])nc1. The third-order valence-corrected chi connectivity index (χ3v) is 1.27. The van der Waals surface area contributed by atoms with Gasteiger partial charge >= 0.3 is 0 Å². The fraction of sp³-hybridized carbons (Fsp3) is 0. The highest BCUT2D eigenvalue weighted by Crippen LogP contribution is 1.83. The lowest BCUT2D eigenvalue weighted by Crippen LogP contribution is -2.11. The molecular formula is C4H5FN2Si. The van der Waals surface area contributed by atoms with E-state index in [0.29, 0.717) is 0 Å². The van der Waals surface area contributed by atoms with Crippen molar-refractivity contribution >= 4 is 15.7 Å². The third-order valence-electron chi connectivity index (χ3n) is 0.749. The van der Waals surface area contributed by atoms with Crippen LogP contribution in [0.25, 0.3) is 0 Å². The average molecular weight is 128 g/mol. The van der Waals surface area contributed by atoms with Gasteiger partial charge in [-0.3, -0.25) is 0 Å². The second kappa shape index (κ2) is 2.00. The van der Waals surface area contributed by atoms with E-state index in [-0.39, 0.29) is 5.82 Å². The molecule has 1 heterocycles. The van der Waals surface area contributed by atoms with Crippen molar-refractivity contribution in [3.05, 3.63) is 18.2 Å². The summed E-state index contributed by atoms with van der Waals surface area (Å²) in [4.78, 5) is 7.31. The first-order chi connectivity index (χ1) is 3.79. The first-order valence-electron chi connectivity index (χ1n) is 2.23. The van der Waals surface area contributed by atoms with Crippen LogP contribution in [0.3, 0.4) is 0 Å². The molecule has 0 aromatic carbocycles. The molecule has 0 N–H and O–H groups in total. The van der Waals surface area contributed by atoms with Crippen LogP contribution in [0.5, 0.6) is 0 Å². The van der Waals surface area contributed by atoms with Crippen LogP contribution in [0.2, 0.25) is 0 Å². The molecule has 0 saturated heterocycles. The molecule has 0 fully saturated rings. The van der Waals surface area contributed by atoms with Gasteiger partial charge in [0.05, 0.1) is 28.1 Å². The summed E-state index contributed by atoms with van der Waals surface area (Å²) >= 11 is 0. The second-order valence-corrected chi connectivity index (χ2v) is 2.34. The minimum Gasteiger partial charge on any atom is -0.245 e. The highest BCUT2D eigenvalue weighted by molar-refractivity contribution is 6.28. The summed E-state index contributed by atoms with van der Waals surface area (Å²) in [7, 11) is 0.783. The molecule has 0 aliphatic carbocycles. The Labute approximate surface area is 49.2 Å². The van der Waals surface area contributed by atoms with Crippen molar-refractivity contribution in [2.24, 2.45) is 0 Å². The van der Waals surface area contributed by atoms with Crippen LogP contribution in [0.1, 0.15) is 0 Å². The van der Waals surface area contributed by atoms with Gasteiger partial charge in [-0.15, -0.1) is 0 Å². The van der Waals surface area contributed by atoms with Crippen molar-refractivity contribution in [1.82, 2.24) is 9.97 Å². The summed E-state index contributed by atoms with van der Waals surface area (Å²) in [5, 5.41) is 0. The van der Waals surface area contributed by atoms with E-state index in [1.54, 1.807) is 0 Å². The van der Waals surface area contributed by atoms with Gasteiger partial charge in [0.15, 0.2) is 5.82 Å². The van der Waals surface area contributed by atoms with E-state index in [4.69, 9.17) is 0 Å². The number of hydrogen-bond acceptors (Lipinski definition) is 2. The zero-order valence-electron chi connectivity index (χ0n) is 4.43. The molecule has 0 amide bonds. The molecule has 0 aliphatic heterocycles. The molecule has 0 atom stereocenters. The molecule has 1 rings (SSSR count). The molecule has 0 bridgehead atoms.